The minimum atomic E-state index is -0.308. The van der Waals surface area contributed by atoms with E-state index in [-0.39, 0.29) is 29.2 Å². The molecule has 1 atom stereocenters. The average Bonchev–Trinajstić information content (AvgIpc) is 2.35. The molecule has 1 unspecified atom stereocenters. The van der Waals surface area contributed by atoms with Crippen LogP contribution in [0.1, 0.15) is 28.8 Å². The molecule has 1 aliphatic rings. The molecular formula is C13H16N2O3. The van der Waals surface area contributed by atoms with Crippen molar-refractivity contribution in [3.05, 3.63) is 29.3 Å². The predicted molar refractivity (Wildman–Crippen MR) is 66.3 cm³/mol. The van der Waals surface area contributed by atoms with E-state index in [9.17, 15) is 14.7 Å². The highest BCUT2D eigenvalue weighted by molar-refractivity contribution is 5.97. The Labute approximate surface area is 105 Å². The van der Waals surface area contributed by atoms with Crippen LogP contribution < -0.4 is 10.6 Å². The van der Waals surface area contributed by atoms with Crippen molar-refractivity contribution in [2.24, 2.45) is 0 Å². The molecule has 5 nitrogen and oxygen atoms in total. The Kier molecular flexibility index (Phi) is 3.50. The maximum absolute atomic E-state index is 12.0. The quantitative estimate of drug-likeness (QED) is 0.721. The second-order valence-electron chi connectivity index (χ2n) is 4.53. The number of aryl methyl sites for hydroxylation is 1. The molecule has 5 heteroatoms. The van der Waals surface area contributed by atoms with Gasteiger partial charge in [0, 0.05) is 19.0 Å². The predicted octanol–water partition coefficient (Wildman–Crippen LogP) is 0.709. The Bertz CT molecular complexity index is 475. The van der Waals surface area contributed by atoms with Crippen LogP contribution in [-0.4, -0.2) is 29.5 Å². The number of aromatic hydroxyl groups is 1. The zero-order valence-corrected chi connectivity index (χ0v) is 10.2. The van der Waals surface area contributed by atoms with Gasteiger partial charge in [-0.3, -0.25) is 9.59 Å². The van der Waals surface area contributed by atoms with Gasteiger partial charge in [-0.25, -0.2) is 0 Å². The zero-order valence-electron chi connectivity index (χ0n) is 10.2. The molecule has 1 fully saturated rings. The van der Waals surface area contributed by atoms with Crippen molar-refractivity contribution < 1.29 is 14.7 Å². The van der Waals surface area contributed by atoms with E-state index in [1.165, 1.54) is 6.07 Å². The third-order valence-electron chi connectivity index (χ3n) is 3.00. The summed E-state index contributed by atoms with van der Waals surface area (Å²) in [4.78, 5) is 23.0. The van der Waals surface area contributed by atoms with Crippen molar-refractivity contribution in [3.8, 4) is 5.75 Å². The van der Waals surface area contributed by atoms with Crippen molar-refractivity contribution in [3.63, 3.8) is 0 Å². The lowest BCUT2D eigenvalue weighted by Crippen LogP contribution is -2.47. The van der Waals surface area contributed by atoms with Crippen LogP contribution in [-0.2, 0) is 4.79 Å². The first-order valence-electron chi connectivity index (χ1n) is 5.93. The summed E-state index contributed by atoms with van der Waals surface area (Å²) in [6.45, 7) is 2.30. The molecule has 1 aromatic rings. The Balaban J connectivity index is 2.03. The Morgan fingerprint density at radius 2 is 2.28 bits per heavy atom. The average molecular weight is 248 g/mol. The van der Waals surface area contributed by atoms with E-state index in [0.29, 0.717) is 19.4 Å². The summed E-state index contributed by atoms with van der Waals surface area (Å²) in [7, 11) is 0. The highest BCUT2D eigenvalue weighted by Crippen LogP contribution is 2.18. The van der Waals surface area contributed by atoms with Gasteiger partial charge in [-0.05, 0) is 25.5 Å². The lowest BCUT2D eigenvalue weighted by atomic mass is 10.1. The normalized spacial score (nSPS) is 19.2. The summed E-state index contributed by atoms with van der Waals surface area (Å²) in [6, 6.07) is 4.82. The first kappa shape index (κ1) is 12.4. The first-order chi connectivity index (χ1) is 8.56. The third-order valence-corrected chi connectivity index (χ3v) is 3.00. The molecule has 0 radical (unpaired) electrons. The van der Waals surface area contributed by atoms with E-state index in [4.69, 9.17) is 0 Å². The molecule has 2 rings (SSSR count). The summed E-state index contributed by atoms with van der Waals surface area (Å²) in [5.74, 6) is -0.325. The molecule has 1 heterocycles. The minimum Gasteiger partial charge on any atom is -0.507 e. The molecule has 0 aromatic heterocycles. The van der Waals surface area contributed by atoms with Gasteiger partial charge in [-0.15, -0.1) is 0 Å². The molecule has 0 aliphatic carbocycles. The van der Waals surface area contributed by atoms with Gasteiger partial charge in [-0.1, -0.05) is 11.6 Å². The molecule has 96 valence electrons. The van der Waals surface area contributed by atoms with Gasteiger partial charge in [0.15, 0.2) is 0 Å². The number of carbonyl (C=O) groups is 2. The van der Waals surface area contributed by atoms with Gasteiger partial charge in [0.25, 0.3) is 5.91 Å². The van der Waals surface area contributed by atoms with Crippen LogP contribution >= 0.6 is 0 Å². The molecule has 2 amide bonds. The number of phenols is 1. The van der Waals surface area contributed by atoms with Crippen molar-refractivity contribution in [1.29, 1.82) is 0 Å². The molecule has 0 bridgehead atoms. The summed E-state index contributed by atoms with van der Waals surface area (Å²) in [5.41, 5.74) is 1.18. The Hall–Kier alpha value is -2.04. The number of benzene rings is 1. The van der Waals surface area contributed by atoms with Crippen LogP contribution in [0.4, 0.5) is 0 Å². The number of nitrogens with one attached hydrogen (secondary N) is 2. The molecular weight excluding hydrogens is 232 g/mol. The Morgan fingerprint density at radius 3 is 2.94 bits per heavy atom. The van der Waals surface area contributed by atoms with Gasteiger partial charge in [0.05, 0.1) is 5.56 Å². The topological polar surface area (TPSA) is 78.4 Å². The number of rotatable bonds is 2. The van der Waals surface area contributed by atoms with E-state index in [2.05, 4.69) is 10.6 Å². The first-order valence-corrected chi connectivity index (χ1v) is 5.93. The second kappa shape index (κ2) is 5.08. The zero-order chi connectivity index (χ0) is 13.1. The van der Waals surface area contributed by atoms with Crippen molar-refractivity contribution in [2.75, 3.05) is 6.54 Å². The highest BCUT2D eigenvalue weighted by atomic mass is 16.3. The minimum absolute atomic E-state index is 0.0129. The fourth-order valence-electron chi connectivity index (χ4n) is 1.95. The van der Waals surface area contributed by atoms with Crippen LogP contribution in [0.2, 0.25) is 0 Å². The van der Waals surface area contributed by atoms with Crippen molar-refractivity contribution in [2.45, 2.75) is 25.8 Å². The van der Waals surface area contributed by atoms with Gasteiger partial charge in [-0.2, -0.15) is 0 Å². The summed E-state index contributed by atoms with van der Waals surface area (Å²) in [6.07, 6.45) is 1.05. The lowest BCUT2D eigenvalue weighted by molar-refractivity contribution is -0.122. The van der Waals surface area contributed by atoms with E-state index in [0.717, 1.165) is 5.56 Å². The lowest BCUT2D eigenvalue weighted by Gasteiger charge is -2.23. The van der Waals surface area contributed by atoms with Crippen LogP contribution in [0.25, 0.3) is 0 Å². The van der Waals surface area contributed by atoms with E-state index in [1.54, 1.807) is 12.1 Å². The molecule has 1 saturated heterocycles. The number of piperidine rings is 1. The summed E-state index contributed by atoms with van der Waals surface area (Å²) >= 11 is 0. The number of carbonyl (C=O) groups excluding carboxylic acids is 2. The van der Waals surface area contributed by atoms with Crippen molar-refractivity contribution >= 4 is 11.8 Å². The van der Waals surface area contributed by atoms with Gasteiger partial charge < -0.3 is 15.7 Å². The van der Waals surface area contributed by atoms with Gasteiger partial charge in [0.1, 0.15) is 5.75 Å². The van der Waals surface area contributed by atoms with Crippen LogP contribution in [0.5, 0.6) is 5.75 Å². The molecule has 3 N–H and O–H groups in total. The van der Waals surface area contributed by atoms with E-state index in [1.807, 2.05) is 6.92 Å². The summed E-state index contributed by atoms with van der Waals surface area (Å²) < 4.78 is 0. The standard InChI is InChI=1S/C13H16N2O3/c1-8-2-4-11(16)10(6-8)13(18)15-9-3-5-12(17)14-7-9/h2,4,6,9,16H,3,5,7H2,1H3,(H,14,17)(H,15,18). The molecule has 1 aromatic carbocycles. The third kappa shape index (κ3) is 2.80. The number of hydrogen-bond acceptors (Lipinski definition) is 3. The second-order valence-corrected chi connectivity index (χ2v) is 4.53. The fourth-order valence-corrected chi connectivity index (χ4v) is 1.95. The van der Waals surface area contributed by atoms with Crippen LogP contribution in [0.15, 0.2) is 18.2 Å². The number of phenolic OH excluding ortho intramolecular Hbond substituents is 1. The molecule has 1 aliphatic heterocycles. The molecule has 18 heavy (non-hydrogen) atoms. The van der Waals surface area contributed by atoms with E-state index < -0.39 is 0 Å². The van der Waals surface area contributed by atoms with Gasteiger partial charge in [0.2, 0.25) is 5.91 Å². The van der Waals surface area contributed by atoms with Crippen LogP contribution in [0, 0.1) is 6.92 Å². The monoisotopic (exact) mass is 248 g/mol. The van der Waals surface area contributed by atoms with E-state index >= 15 is 0 Å². The largest absolute Gasteiger partial charge is 0.507 e. The molecule has 0 spiro atoms. The number of hydrogen-bond donors (Lipinski definition) is 3. The smallest absolute Gasteiger partial charge is 0.255 e. The molecule has 0 saturated carbocycles. The summed E-state index contributed by atoms with van der Waals surface area (Å²) in [5, 5.41) is 15.2. The SMILES string of the molecule is Cc1ccc(O)c(C(=O)NC2CCC(=O)NC2)c1. The van der Waals surface area contributed by atoms with Crippen LogP contribution in [0.3, 0.4) is 0 Å². The Morgan fingerprint density at radius 1 is 1.50 bits per heavy atom. The maximum Gasteiger partial charge on any atom is 0.255 e. The fraction of sp³-hybridized carbons (Fsp3) is 0.385. The highest BCUT2D eigenvalue weighted by Gasteiger charge is 2.21. The number of amides is 2. The maximum atomic E-state index is 12.0. The van der Waals surface area contributed by atoms with Crippen molar-refractivity contribution in [1.82, 2.24) is 10.6 Å². The van der Waals surface area contributed by atoms with Gasteiger partial charge >= 0.3 is 0 Å².